The first-order valence-corrected chi connectivity index (χ1v) is 3.29. The Labute approximate surface area is 60.8 Å². The molecule has 0 bridgehead atoms. The topological polar surface area (TPSA) is 29.5 Å². The van der Waals surface area contributed by atoms with Crippen LogP contribution >= 0.6 is 0 Å². The van der Waals surface area contributed by atoms with Crippen molar-refractivity contribution in [1.29, 1.82) is 0 Å². The molecule has 0 spiro atoms. The third kappa shape index (κ3) is 1.39. The summed E-state index contributed by atoms with van der Waals surface area (Å²) in [7, 11) is 1.64. The van der Waals surface area contributed by atoms with Crippen LogP contribution in [0.5, 0.6) is 0 Å². The molecular weight excluding hydrogens is 128 g/mol. The third-order valence-corrected chi connectivity index (χ3v) is 1.74. The van der Waals surface area contributed by atoms with Crippen LogP contribution in [0.15, 0.2) is 24.0 Å². The Morgan fingerprint density at radius 2 is 2.40 bits per heavy atom. The quantitative estimate of drug-likeness (QED) is 0.601. The van der Waals surface area contributed by atoms with E-state index in [4.69, 9.17) is 9.84 Å². The summed E-state index contributed by atoms with van der Waals surface area (Å²) in [5.74, 6) is 0.381. The van der Waals surface area contributed by atoms with Gasteiger partial charge in [-0.15, -0.1) is 0 Å². The van der Waals surface area contributed by atoms with Crippen molar-refractivity contribution in [3.63, 3.8) is 0 Å². The normalized spacial score (nSPS) is 32.0. The molecule has 0 aromatic heterocycles. The molecule has 56 valence electrons. The Balaban J connectivity index is 2.71. The molecule has 0 saturated heterocycles. The molecule has 0 radical (unpaired) electrons. The van der Waals surface area contributed by atoms with Crippen molar-refractivity contribution in [3.8, 4) is 0 Å². The van der Waals surface area contributed by atoms with E-state index in [1.54, 1.807) is 13.2 Å². The van der Waals surface area contributed by atoms with Gasteiger partial charge in [0.1, 0.15) is 0 Å². The van der Waals surface area contributed by atoms with Gasteiger partial charge in [0, 0.05) is 13.5 Å². The second kappa shape index (κ2) is 2.46. The van der Waals surface area contributed by atoms with E-state index >= 15 is 0 Å². The summed E-state index contributed by atoms with van der Waals surface area (Å²) < 4.78 is 5.16. The average molecular weight is 140 g/mol. The first kappa shape index (κ1) is 7.35. The highest BCUT2D eigenvalue weighted by molar-refractivity contribution is 5.20. The molecule has 10 heavy (non-hydrogen) atoms. The van der Waals surface area contributed by atoms with Crippen molar-refractivity contribution < 1.29 is 9.84 Å². The van der Waals surface area contributed by atoms with Crippen LogP contribution < -0.4 is 0 Å². The number of methoxy groups -OCH3 is 1. The average Bonchev–Trinajstić information content (AvgIpc) is 1.88. The lowest BCUT2D eigenvalue weighted by atomic mass is 9.96. The van der Waals surface area contributed by atoms with Crippen molar-refractivity contribution in [2.75, 3.05) is 7.11 Å². The summed E-state index contributed by atoms with van der Waals surface area (Å²) in [6, 6.07) is 0. The van der Waals surface area contributed by atoms with Crippen LogP contribution in [-0.2, 0) is 4.74 Å². The Kier molecular flexibility index (Phi) is 1.81. The summed E-state index contributed by atoms with van der Waals surface area (Å²) in [5.41, 5.74) is -0.307. The van der Waals surface area contributed by atoms with Gasteiger partial charge in [0.05, 0.1) is 11.4 Å². The molecule has 1 atom stereocenters. The molecule has 1 aliphatic rings. The van der Waals surface area contributed by atoms with Crippen LogP contribution in [0.2, 0.25) is 0 Å². The predicted octanol–water partition coefficient (Wildman–Crippen LogP) is 1.79. The number of allylic oxidation sites excluding steroid dienone is 2. The molecule has 0 aromatic carbocycles. The SMILES string of the molecule is COC1(C)C=CC=C(O)C1. The molecular formula is C8H12O2. The molecule has 0 aromatic rings. The standard InChI is InChI=1S/C8H12O2/c1-8(10-2)5-3-4-7(9)6-8/h3-5,9H,6H2,1-2H3. The number of ether oxygens (including phenoxy) is 1. The van der Waals surface area contributed by atoms with Gasteiger partial charge in [-0.25, -0.2) is 0 Å². The highest BCUT2D eigenvalue weighted by Crippen LogP contribution is 2.23. The van der Waals surface area contributed by atoms with Gasteiger partial charge in [0.15, 0.2) is 0 Å². The third-order valence-electron chi connectivity index (χ3n) is 1.74. The molecule has 1 aliphatic carbocycles. The highest BCUT2D eigenvalue weighted by atomic mass is 16.5. The second-order valence-electron chi connectivity index (χ2n) is 2.71. The Bertz CT molecular complexity index is 182. The molecule has 1 rings (SSSR count). The lowest BCUT2D eigenvalue weighted by Crippen LogP contribution is -2.26. The minimum Gasteiger partial charge on any atom is -0.512 e. The maximum absolute atomic E-state index is 9.11. The lowest BCUT2D eigenvalue weighted by molar-refractivity contribution is 0.0391. The van der Waals surface area contributed by atoms with Crippen LogP contribution in [0.25, 0.3) is 0 Å². The molecule has 0 heterocycles. The number of aliphatic hydroxyl groups is 1. The van der Waals surface area contributed by atoms with E-state index in [0.717, 1.165) is 0 Å². The maximum atomic E-state index is 9.11. The predicted molar refractivity (Wildman–Crippen MR) is 39.9 cm³/mol. The summed E-state index contributed by atoms with van der Waals surface area (Å²) in [6.07, 6.45) is 6.00. The molecule has 2 nitrogen and oxygen atoms in total. The van der Waals surface area contributed by atoms with Gasteiger partial charge in [-0.2, -0.15) is 0 Å². The van der Waals surface area contributed by atoms with Crippen LogP contribution in [0.3, 0.4) is 0 Å². The minimum atomic E-state index is -0.307. The van der Waals surface area contributed by atoms with Gasteiger partial charge >= 0.3 is 0 Å². The van der Waals surface area contributed by atoms with Crippen molar-refractivity contribution in [3.05, 3.63) is 24.0 Å². The van der Waals surface area contributed by atoms with E-state index in [2.05, 4.69) is 0 Å². The van der Waals surface area contributed by atoms with Gasteiger partial charge in [0.2, 0.25) is 0 Å². The molecule has 2 heteroatoms. The lowest BCUT2D eigenvalue weighted by Gasteiger charge is -2.25. The molecule has 1 N–H and O–H groups in total. The van der Waals surface area contributed by atoms with Crippen molar-refractivity contribution in [2.45, 2.75) is 18.9 Å². The van der Waals surface area contributed by atoms with Crippen LogP contribution in [0.1, 0.15) is 13.3 Å². The molecule has 0 fully saturated rings. The van der Waals surface area contributed by atoms with E-state index in [1.807, 2.05) is 19.1 Å². The Morgan fingerprint density at radius 1 is 1.70 bits per heavy atom. The van der Waals surface area contributed by atoms with Crippen molar-refractivity contribution in [2.24, 2.45) is 0 Å². The van der Waals surface area contributed by atoms with E-state index in [0.29, 0.717) is 12.2 Å². The zero-order chi connectivity index (χ0) is 7.61. The Hall–Kier alpha value is -0.760. The molecule has 1 unspecified atom stereocenters. The maximum Gasteiger partial charge on any atom is 0.0954 e. The summed E-state index contributed by atoms with van der Waals surface area (Å²) >= 11 is 0. The second-order valence-corrected chi connectivity index (χ2v) is 2.71. The largest absolute Gasteiger partial charge is 0.512 e. The molecule has 0 aliphatic heterocycles. The molecule has 0 saturated carbocycles. The fourth-order valence-corrected chi connectivity index (χ4v) is 0.980. The fraction of sp³-hybridized carbons (Fsp3) is 0.500. The van der Waals surface area contributed by atoms with Crippen LogP contribution in [0.4, 0.5) is 0 Å². The van der Waals surface area contributed by atoms with Gasteiger partial charge in [-0.05, 0) is 13.0 Å². The highest BCUT2D eigenvalue weighted by Gasteiger charge is 2.23. The van der Waals surface area contributed by atoms with Gasteiger partial charge < -0.3 is 9.84 Å². The van der Waals surface area contributed by atoms with Crippen molar-refractivity contribution in [1.82, 2.24) is 0 Å². The zero-order valence-electron chi connectivity index (χ0n) is 6.29. The monoisotopic (exact) mass is 140 g/mol. The van der Waals surface area contributed by atoms with E-state index in [-0.39, 0.29) is 5.60 Å². The number of aliphatic hydroxyl groups excluding tert-OH is 1. The number of rotatable bonds is 1. The van der Waals surface area contributed by atoms with Crippen LogP contribution in [-0.4, -0.2) is 17.8 Å². The summed E-state index contributed by atoms with van der Waals surface area (Å²) in [5, 5.41) is 9.11. The summed E-state index contributed by atoms with van der Waals surface area (Å²) in [4.78, 5) is 0. The number of hydrogen-bond donors (Lipinski definition) is 1. The number of hydrogen-bond acceptors (Lipinski definition) is 2. The fourth-order valence-electron chi connectivity index (χ4n) is 0.980. The molecule has 0 amide bonds. The Morgan fingerprint density at radius 3 is 2.80 bits per heavy atom. The van der Waals surface area contributed by atoms with Gasteiger partial charge in [0.25, 0.3) is 0 Å². The summed E-state index contributed by atoms with van der Waals surface area (Å²) in [6.45, 7) is 1.94. The van der Waals surface area contributed by atoms with Gasteiger partial charge in [-0.1, -0.05) is 12.2 Å². The van der Waals surface area contributed by atoms with E-state index in [1.165, 1.54) is 0 Å². The first-order chi connectivity index (χ1) is 4.66. The first-order valence-electron chi connectivity index (χ1n) is 3.29. The zero-order valence-corrected chi connectivity index (χ0v) is 6.29. The van der Waals surface area contributed by atoms with E-state index in [9.17, 15) is 0 Å². The van der Waals surface area contributed by atoms with Crippen LogP contribution in [0, 0.1) is 0 Å². The van der Waals surface area contributed by atoms with Gasteiger partial charge in [-0.3, -0.25) is 0 Å². The smallest absolute Gasteiger partial charge is 0.0954 e. The minimum absolute atomic E-state index is 0.307. The van der Waals surface area contributed by atoms with Crippen molar-refractivity contribution >= 4 is 0 Å². The van der Waals surface area contributed by atoms with E-state index < -0.39 is 0 Å².